The van der Waals surface area contributed by atoms with Crippen molar-refractivity contribution in [2.45, 2.75) is 39.3 Å². The van der Waals surface area contributed by atoms with E-state index in [4.69, 9.17) is 19.6 Å². The number of nitrogens with zero attached hydrogens (tertiary/aromatic N) is 3. The fourth-order valence-corrected chi connectivity index (χ4v) is 4.50. The molecule has 35 heavy (non-hydrogen) atoms. The van der Waals surface area contributed by atoms with Crippen molar-refractivity contribution in [3.63, 3.8) is 0 Å². The number of hydrogen-bond acceptors (Lipinski definition) is 5. The third kappa shape index (κ3) is 6.15. The number of pyridine rings is 1. The molecule has 0 fully saturated rings. The number of nitrogens with one attached hydrogen (secondary N) is 1. The van der Waals surface area contributed by atoms with Gasteiger partial charge < -0.3 is 14.8 Å². The molecule has 1 amide bonds. The van der Waals surface area contributed by atoms with E-state index in [0.717, 1.165) is 50.9 Å². The molecule has 0 radical (unpaired) electrons. The van der Waals surface area contributed by atoms with Crippen molar-refractivity contribution in [1.29, 1.82) is 0 Å². The first kappa shape index (κ1) is 24.6. The topological polar surface area (TPSA) is 78.3 Å². The average molecular weight is 489 g/mol. The number of fused-ring (bicyclic) bond motifs is 1. The molecule has 2 aromatic heterocycles. The van der Waals surface area contributed by atoms with Crippen molar-refractivity contribution < 1.29 is 14.3 Å². The van der Waals surface area contributed by atoms with Crippen molar-refractivity contribution in [2.75, 3.05) is 19.0 Å². The number of hydrogen-bond donors (Lipinski definition) is 1. The van der Waals surface area contributed by atoms with E-state index in [1.165, 1.54) is 6.92 Å². The molecule has 1 N–H and O–H groups in total. The van der Waals surface area contributed by atoms with Gasteiger partial charge in [-0.3, -0.25) is 4.79 Å². The molecule has 7 nitrogen and oxygen atoms in total. The summed E-state index contributed by atoms with van der Waals surface area (Å²) in [7, 11) is 0.488. The molecule has 0 bridgehead atoms. The highest BCUT2D eigenvalue weighted by Gasteiger charge is 2.17. The van der Waals surface area contributed by atoms with Gasteiger partial charge in [-0.2, -0.15) is 5.10 Å². The van der Waals surface area contributed by atoms with Crippen molar-refractivity contribution >= 4 is 30.7 Å². The molecule has 0 aliphatic rings. The zero-order valence-electron chi connectivity index (χ0n) is 21.0. The van der Waals surface area contributed by atoms with Gasteiger partial charge in [-0.05, 0) is 54.1 Å². The molecule has 4 aromatic rings. The Labute approximate surface area is 207 Å². The maximum absolute atomic E-state index is 11.3. The molecule has 2 heterocycles. The first-order valence-electron chi connectivity index (χ1n) is 11.7. The van der Waals surface area contributed by atoms with E-state index in [2.05, 4.69) is 31.0 Å². The molecular formula is C27H32N4O3Si. The van der Waals surface area contributed by atoms with Gasteiger partial charge in [0.05, 0.1) is 7.11 Å². The third-order valence-corrected chi connectivity index (χ3v) is 7.40. The second-order valence-electron chi connectivity index (χ2n) is 9.78. The fraction of sp³-hybridized carbons (Fsp3) is 0.296. The summed E-state index contributed by atoms with van der Waals surface area (Å²) in [5, 5.41) is 8.63. The second-order valence-corrected chi connectivity index (χ2v) is 15.4. The SMILES string of the molecule is COc1ccc(-c2nn(COCC[Si](C)(C)C)c3ncc(-c4ccc(NC(C)=O)cc4)cc23)cc1. The molecule has 2 aromatic carbocycles. The largest absolute Gasteiger partial charge is 0.497 e. The summed E-state index contributed by atoms with van der Waals surface area (Å²) < 4.78 is 13.1. The highest BCUT2D eigenvalue weighted by Crippen LogP contribution is 2.32. The van der Waals surface area contributed by atoms with Crippen LogP contribution in [0.4, 0.5) is 5.69 Å². The summed E-state index contributed by atoms with van der Waals surface area (Å²) in [6.07, 6.45) is 1.85. The van der Waals surface area contributed by atoms with Crippen LogP contribution in [0.1, 0.15) is 6.92 Å². The Balaban J connectivity index is 1.69. The number of benzene rings is 2. The van der Waals surface area contributed by atoms with Crippen molar-refractivity contribution in [2.24, 2.45) is 0 Å². The molecule has 0 aliphatic heterocycles. The predicted molar refractivity (Wildman–Crippen MR) is 143 cm³/mol. The monoisotopic (exact) mass is 488 g/mol. The molecule has 0 unspecified atom stereocenters. The first-order valence-corrected chi connectivity index (χ1v) is 15.4. The lowest BCUT2D eigenvalue weighted by Crippen LogP contribution is -2.22. The van der Waals surface area contributed by atoms with E-state index in [1.807, 2.05) is 59.4 Å². The van der Waals surface area contributed by atoms with Crippen LogP contribution < -0.4 is 10.1 Å². The van der Waals surface area contributed by atoms with Crippen LogP contribution in [0.5, 0.6) is 5.75 Å². The van der Waals surface area contributed by atoms with Crippen LogP contribution in [0.25, 0.3) is 33.4 Å². The summed E-state index contributed by atoms with van der Waals surface area (Å²) in [5.74, 6) is 0.703. The van der Waals surface area contributed by atoms with E-state index >= 15 is 0 Å². The van der Waals surface area contributed by atoms with Crippen LogP contribution in [-0.4, -0.2) is 42.5 Å². The number of carbonyl (C=O) groups is 1. The van der Waals surface area contributed by atoms with E-state index in [1.54, 1.807) is 7.11 Å². The summed E-state index contributed by atoms with van der Waals surface area (Å²) in [6, 6.07) is 18.8. The summed E-state index contributed by atoms with van der Waals surface area (Å²) in [6.45, 7) is 9.59. The van der Waals surface area contributed by atoms with E-state index < -0.39 is 8.07 Å². The van der Waals surface area contributed by atoms with E-state index in [9.17, 15) is 4.79 Å². The Hall–Kier alpha value is -3.49. The van der Waals surface area contributed by atoms with Crippen molar-refractivity contribution in [3.05, 3.63) is 60.8 Å². The lowest BCUT2D eigenvalue weighted by molar-refractivity contribution is -0.114. The third-order valence-electron chi connectivity index (χ3n) is 5.70. The minimum Gasteiger partial charge on any atom is -0.497 e. The zero-order valence-corrected chi connectivity index (χ0v) is 22.0. The van der Waals surface area contributed by atoms with Crippen LogP contribution in [-0.2, 0) is 16.3 Å². The van der Waals surface area contributed by atoms with E-state index in [0.29, 0.717) is 13.3 Å². The molecule has 0 saturated carbocycles. The summed E-state index contributed by atoms with van der Waals surface area (Å²) in [5.41, 5.74) is 5.35. The van der Waals surface area contributed by atoms with Crippen molar-refractivity contribution in [1.82, 2.24) is 14.8 Å². The van der Waals surface area contributed by atoms with Gasteiger partial charge in [0, 0.05) is 50.0 Å². The Morgan fingerprint density at radius 2 is 1.69 bits per heavy atom. The van der Waals surface area contributed by atoms with Gasteiger partial charge in [0.2, 0.25) is 5.91 Å². The molecular weight excluding hydrogens is 456 g/mol. The molecule has 0 aliphatic carbocycles. The number of ether oxygens (including phenoxy) is 2. The standard InChI is InChI=1S/C27H32N4O3Si/c1-19(32)29-23-10-6-20(7-11-23)22-16-25-26(21-8-12-24(33-2)13-9-21)30-31(27(25)28-17-22)18-34-14-15-35(3,4)5/h6-13,16-17H,14-15,18H2,1-5H3,(H,29,32). The first-order chi connectivity index (χ1) is 16.7. The van der Waals surface area contributed by atoms with Gasteiger partial charge in [-0.25, -0.2) is 9.67 Å². The lowest BCUT2D eigenvalue weighted by atomic mass is 10.0. The number of rotatable bonds is 9. The Kier molecular flexibility index (Phi) is 7.33. The number of methoxy groups -OCH3 is 1. The number of anilines is 1. The minimum atomic E-state index is -1.17. The number of aromatic nitrogens is 3. The molecule has 0 spiro atoms. The maximum Gasteiger partial charge on any atom is 0.221 e. The summed E-state index contributed by atoms with van der Waals surface area (Å²) in [4.78, 5) is 16.1. The zero-order chi connectivity index (χ0) is 25.0. The van der Waals surface area contributed by atoms with Crippen LogP contribution >= 0.6 is 0 Å². The lowest BCUT2D eigenvalue weighted by Gasteiger charge is -2.15. The number of carbonyl (C=O) groups excluding carboxylic acids is 1. The van der Waals surface area contributed by atoms with Crippen LogP contribution in [0.2, 0.25) is 25.7 Å². The van der Waals surface area contributed by atoms with Gasteiger partial charge in [0.25, 0.3) is 0 Å². The molecule has 182 valence electrons. The van der Waals surface area contributed by atoms with Crippen molar-refractivity contribution in [3.8, 4) is 28.1 Å². The molecule has 8 heteroatoms. The fourth-order valence-electron chi connectivity index (χ4n) is 3.75. The van der Waals surface area contributed by atoms with Gasteiger partial charge in [0.1, 0.15) is 18.2 Å². The molecule has 0 saturated heterocycles. The van der Waals surface area contributed by atoms with Crippen LogP contribution in [0.15, 0.2) is 60.8 Å². The Morgan fingerprint density at radius 1 is 1.00 bits per heavy atom. The normalized spacial score (nSPS) is 11.6. The highest BCUT2D eigenvalue weighted by molar-refractivity contribution is 6.76. The van der Waals surface area contributed by atoms with E-state index in [-0.39, 0.29) is 5.91 Å². The van der Waals surface area contributed by atoms with Gasteiger partial charge in [-0.15, -0.1) is 0 Å². The quantitative estimate of drug-likeness (QED) is 0.229. The average Bonchev–Trinajstić information content (AvgIpc) is 3.19. The predicted octanol–water partition coefficient (Wildman–Crippen LogP) is 6.04. The molecule has 4 rings (SSSR count). The van der Waals surface area contributed by atoms with Crippen LogP contribution in [0, 0.1) is 0 Å². The maximum atomic E-state index is 11.3. The smallest absolute Gasteiger partial charge is 0.221 e. The van der Waals surface area contributed by atoms with Crippen LogP contribution in [0.3, 0.4) is 0 Å². The number of amides is 1. The highest BCUT2D eigenvalue weighted by atomic mass is 28.3. The van der Waals surface area contributed by atoms with Gasteiger partial charge >= 0.3 is 0 Å². The second kappa shape index (κ2) is 10.4. The van der Waals surface area contributed by atoms with Gasteiger partial charge in [-0.1, -0.05) is 31.8 Å². The van der Waals surface area contributed by atoms with Gasteiger partial charge in [0.15, 0.2) is 5.65 Å². The minimum absolute atomic E-state index is 0.0931. The summed E-state index contributed by atoms with van der Waals surface area (Å²) >= 11 is 0. The Morgan fingerprint density at radius 3 is 2.31 bits per heavy atom. The molecule has 0 atom stereocenters. The Bertz CT molecular complexity index is 1310.